The average molecular weight is 457 g/mol. The summed E-state index contributed by atoms with van der Waals surface area (Å²) in [5, 5.41) is 7.05. The minimum Gasteiger partial charge on any atom is -0.484 e. The highest BCUT2D eigenvalue weighted by Gasteiger charge is 2.16. The number of nitrogens with one attached hydrogen (secondary N) is 1. The zero-order chi connectivity index (χ0) is 22.5. The molecule has 10 heteroatoms. The molecule has 0 aliphatic carbocycles. The van der Waals surface area contributed by atoms with Crippen LogP contribution in [0.5, 0.6) is 5.75 Å². The van der Waals surface area contributed by atoms with Crippen molar-refractivity contribution in [3.8, 4) is 5.75 Å². The van der Waals surface area contributed by atoms with Crippen molar-refractivity contribution < 1.29 is 22.8 Å². The zero-order valence-corrected chi connectivity index (χ0v) is 17.7. The van der Waals surface area contributed by atoms with Crippen LogP contribution in [0.25, 0.3) is 0 Å². The number of furan rings is 2. The molecule has 4 rings (SSSR count). The minimum absolute atomic E-state index is 0.104. The van der Waals surface area contributed by atoms with Crippen LogP contribution < -0.4 is 10.1 Å². The highest BCUT2D eigenvalue weighted by molar-refractivity contribution is 6.32. The van der Waals surface area contributed by atoms with Gasteiger partial charge in [-0.05, 0) is 42.5 Å². The Hall–Kier alpha value is -3.85. The van der Waals surface area contributed by atoms with Gasteiger partial charge in [-0.1, -0.05) is 11.6 Å². The summed E-state index contributed by atoms with van der Waals surface area (Å²) in [6, 6.07) is 10.8. The molecule has 1 amide bonds. The predicted molar refractivity (Wildman–Crippen MR) is 115 cm³/mol. The van der Waals surface area contributed by atoms with Crippen molar-refractivity contribution in [2.75, 3.05) is 0 Å². The van der Waals surface area contributed by atoms with E-state index in [-0.39, 0.29) is 24.1 Å². The number of nitrogens with zero attached hydrogens (tertiary/aromatic N) is 3. The summed E-state index contributed by atoms with van der Waals surface area (Å²) in [5.74, 6) is 1.19. The van der Waals surface area contributed by atoms with Crippen LogP contribution in [0.15, 0.2) is 68.8 Å². The summed E-state index contributed by atoms with van der Waals surface area (Å²) in [5.41, 5.74) is 0.686. The van der Waals surface area contributed by atoms with Crippen LogP contribution >= 0.6 is 11.6 Å². The summed E-state index contributed by atoms with van der Waals surface area (Å²) in [7, 11) is 1.66. The first-order valence-electron chi connectivity index (χ1n) is 9.53. The number of benzene rings is 1. The van der Waals surface area contributed by atoms with Gasteiger partial charge in [-0.2, -0.15) is 5.10 Å². The molecule has 0 radical (unpaired) electrons. The number of aliphatic imine (C=N–C) groups is 1. The Morgan fingerprint density at radius 3 is 2.97 bits per heavy atom. The molecular weight excluding hydrogens is 439 g/mol. The van der Waals surface area contributed by atoms with Crippen LogP contribution in [-0.2, 0) is 20.2 Å². The van der Waals surface area contributed by atoms with E-state index in [9.17, 15) is 9.18 Å². The number of amides is 1. The molecule has 3 aromatic heterocycles. The molecule has 0 spiro atoms. The molecule has 4 aromatic rings. The normalized spacial score (nSPS) is 11.2. The number of carbonyl (C=O) groups excluding carboxylic acids is 1. The first kappa shape index (κ1) is 21.4. The van der Waals surface area contributed by atoms with E-state index in [0.717, 1.165) is 0 Å². The van der Waals surface area contributed by atoms with Gasteiger partial charge >= 0.3 is 0 Å². The zero-order valence-electron chi connectivity index (χ0n) is 16.9. The van der Waals surface area contributed by atoms with Crippen LogP contribution in [0.4, 0.5) is 10.1 Å². The van der Waals surface area contributed by atoms with Crippen molar-refractivity contribution in [3.05, 3.63) is 88.7 Å². The van der Waals surface area contributed by atoms with Gasteiger partial charge < -0.3 is 18.9 Å². The lowest BCUT2D eigenvalue weighted by Crippen LogP contribution is -2.25. The first-order valence-corrected chi connectivity index (χ1v) is 9.90. The van der Waals surface area contributed by atoms with Gasteiger partial charge in [0.2, 0.25) is 0 Å². The van der Waals surface area contributed by atoms with Crippen molar-refractivity contribution in [2.24, 2.45) is 12.0 Å². The lowest BCUT2D eigenvalue weighted by Gasteiger charge is -2.06. The fourth-order valence-corrected chi connectivity index (χ4v) is 3.09. The van der Waals surface area contributed by atoms with Gasteiger partial charge in [-0.25, -0.2) is 9.38 Å². The molecule has 0 bridgehead atoms. The molecule has 0 unspecified atom stereocenters. The predicted octanol–water partition coefficient (Wildman–Crippen LogP) is 4.66. The van der Waals surface area contributed by atoms with Gasteiger partial charge in [0.1, 0.15) is 41.1 Å². The Bertz CT molecular complexity index is 1250. The fourth-order valence-electron chi connectivity index (χ4n) is 2.86. The smallest absolute Gasteiger partial charge is 0.272 e. The van der Waals surface area contributed by atoms with E-state index in [1.165, 1.54) is 41.6 Å². The van der Waals surface area contributed by atoms with E-state index in [1.807, 2.05) is 0 Å². The molecule has 0 aliphatic rings. The minimum atomic E-state index is -0.441. The molecule has 3 heterocycles. The third-order valence-electron chi connectivity index (χ3n) is 4.41. The number of rotatable bonds is 8. The molecule has 164 valence electrons. The number of carbonyl (C=O) groups is 1. The van der Waals surface area contributed by atoms with Gasteiger partial charge in [0.05, 0.1) is 30.2 Å². The SMILES string of the molecule is Cn1ncc(N=Cc2ccc(COc3ccc(F)cc3Cl)o2)c1C(=O)NCc1ccco1. The monoisotopic (exact) mass is 456 g/mol. The maximum absolute atomic E-state index is 13.1. The standard InChI is InChI=1S/C22H18ClFN4O4/c1-28-21(22(29)26-10-15-3-2-8-30-15)19(12-27-28)25-11-16-5-6-17(32-16)13-31-20-7-4-14(24)9-18(20)23/h2-9,11-12H,10,13H2,1H3,(H,26,29). The summed E-state index contributed by atoms with van der Waals surface area (Å²) < 4.78 is 31.0. The highest BCUT2D eigenvalue weighted by atomic mass is 35.5. The van der Waals surface area contributed by atoms with Crippen molar-refractivity contribution in [1.82, 2.24) is 15.1 Å². The van der Waals surface area contributed by atoms with Crippen molar-refractivity contribution in [1.29, 1.82) is 0 Å². The molecular formula is C22H18ClFN4O4. The second kappa shape index (κ2) is 9.52. The van der Waals surface area contributed by atoms with Crippen LogP contribution in [0.1, 0.15) is 27.8 Å². The first-order chi connectivity index (χ1) is 15.5. The van der Waals surface area contributed by atoms with Gasteiger partial charge in [-0.3, -0.25) is 9.48 Å². The van der Waals surface area contributed by atoms with E-state index in [0.29, 0.717) is 34.4 Å². The number of aryl methyl sites for hydroxylation is 1. The molecule has 1 N–H and O–H groups in total. The number of aromatic nitrogens is 2. The average Bonchev–Trinajstić information content (AvgIpc) is 3.51. The Morgan fingerprint density at radius 1 is 1.31 bits per heavy atom. The van der Waals surface area contributed by atoms with E-state index < -0.39 is 5.82 Å². The summed E-state index contributed by atoms with van der Waals surface area (Å²) >= 11 is 5.95. The molecule has 0 saturated heterocycles. The number of halogens is 2. The van der Waals surface area contributed by atoms with E-state index in [2.05, 4.69) is 15.4 Å². The molecule has 0 atom stereocenters. The number of hydrogen-bond acceptors (Lipinski definition) is 6. The number of ether oxygens (including phenoxy) is 1. The Labute approximate surface area is 187 Å². The Morgan fingerprint density at radius 2 is 2.19 bits per heavy atom. The molecule has 32 heavy (non-hydrogen) atoms. The largest absolute Gasteiger partial charge is 0.484 e. The van der Waals surface area contributed by atoms with E-state index in [1.54, 1.807) is 31.3 Å². The Balaban J connectivity index is 1.39. The van der Waals surface area contributed by atoms with E-state index >= 15 is 0 Å². The second-order valence-corrected chi connectivity index (χ2v) is 7.10. The van der Waals surface area contributed by atoms with Gasteiger partial charge in [0.15, 0.2) is 5.69 Å². The third kappa shape index (κ3) is 5.06. The Kier molecular flexibility index (Phi) is 6.37. The third-order valence-corrected chi connectivity index (χ3v) is 4.71. The van der Waals surface area contributed by atoms with Gasteiger partial charge in [0.25, 0.3) is 5.91 Å². The van der Waals surface area contributed by atoms with Crippen LogP contribution in [0.2, 0.25) is 5.02 Å². The summed E-state index contributed by atoms with van der Waals surface area (Å²) in [6.45, 7) is 0.353. The van der Waals surface area contributed by atoms with Crippen molar-refractivity contribution in [2.45, 2.75) is 13.2 Å². The van der Waals surface area contributed by atoms with E-state index in [4.69, 9.17) is 25.2 Å². The van der Waals surface area contributed by atoms with Crippen LogP contribution in [0.3, 0.4) is 0 Å². The summed E-state index contributed by atoms with van der Waals surface area (Å²) in [4.78, 5) is 16.9. The molecule has 1 aromatic carbocycles. The molecule has 0 fully saturated rings. The number of hydrogen-bond donors (Lipinski definition) is 1. The maximum Gasteiger partial charge on any atom is 0.272 e. The van der Waals surface area contributed by atoms with Gasteiger partial charge in [0, 0.05) is 7.05 Å². The highest BCUT2D eigenvalue weighted by Crippen LogP contribution is 2.26. The maximum atomic E-state index is 13.1. The fraction of sp³-hybridized carbons (Fsp3) is 0.136. The quantitative estimate of drug-likeness (QED) is 0.389. The molecule has 0 aliphatic heterocycles. The topological polar surface area (TPSA) is 94.8 Å². The lowest BCUT2D eigenvalue weighted by atomic mass is 10.3. The van der Waals surface area contributed by atoms with Gasteiger partial charge in [-0.15, -0.1) is 0 Å². The molecule has 0 saturated carbocycles. The second-order valence-electron chi connectivity index (χ2n) is 6.69. The van der Waals surface area contributed by atoms with Crippen LogP contribution in [0, 0.1) is 5.82 Å². The lowest BCUT2D eigenvalue weighted by molar-refractivity contribution is 0.0939. The molecule has 8 nitrogen and oxygen atoms in total. The summed E-state index contributed by atoms with van der Waals surface area (Å²) in [6.07, 6.45) is 4.51. The van der Waals surface area contributed by atoms with Crippen molar-refractivity contribution in [3.63, 3.8) is 0 Å². The van der Waals surface area contributed by atoms with Crippen molar-refractivity contribution >= 4 is 29.4 Å². The van der Waals surface area contributed by atoms with Crippen LogP contribution in [-0.4, -0.2) is 21.9 Å².